The number of hydrogen-bond acceptors (Lipinski definition) is 5. The minimum atomic E-state index is -0.180. The number of anilines is 1. The van der Waals surface area contributed by atoms with Crippen LogP contribution < -0.4 is 19.7 Å². The van der Waals surface area contributed by atoms with Crippen molar-refractivity contribution in [1.29, 1.82) is 0 Å². The molecule has 0 bridgehead atoms. The van der Waals surface area contributed by atoms with E-state index in [1.165, 1.54) is 11.8 Å². The Hall–Kier alpha value is -3.71. The summed E-state index contributed by atoms with van der Waals surface area (Å²) in [6.45, 7) is 2.50. The molecule has 0 aliphatic carbocycles. The van der Waals surface area contributed by atoms with Gasteiger partial charge in [0.15, 0.2) is 11.5 Å². The minimum absolute atomic E-state index is 0.0879. The van der Waals surface area contributed by atoms with Gasteiger partial charge in [0, 0.05) is 24.1 Å². The van der Waals surface area contributed by atoms with Crippen LogP contribution in [0.4, 0.5) is 5.69 Å². The van der Waals surface area contributed by atoms with E-state index in [9.17, 15) is 9.59 Å². The van der Waals surface area contributed by atoms with E-state index in [-0.39, 0.29) is 11.8 Å². The summed E-state index contributed by atoms with van der Waals surface area (Å²) in [6.07, 6.45) is 2.56. The van der Waals surface area contributed by atoms with Gasteiger partial charge < -0.3 is 19.7 Å². The smallest absolute Gasteiger partial charge is 0.264 e. The molecule has 0 aromatic heterocycles. The zero-order chi connectivity index (χ0) is 24.9. The molecule has 0 radical (unpaired) electrons. The molecule has 0 unspecified atom stereocenters. The predicted octanol–water partition coefficient (Wildman–Crippen LogP) is 5.09. The van der Waals surface area contributed by atoms with Crippen LogP contribution in [-0.2, 0) is 11.2 Å². The summed E-state index contributed by atoms with van der Waals surface area (Å²) in [5.74, 6) is 1.06. The second-order valence-corrected chi connectivity index (χ2v) is 9.35. The van der Waals surface area contributed by atoms with E-state index in [0.29, 0.717) is 34.9 Å². The summed E-state index contributed by atoms with van der Waals surface area (Å²) in [6, 6.07) is 19.2. The number of hydrogen-bond donors (Lipinski definition) is 1. The van der Waals surface area contributed by atoms with Crippen molar-refractivity contribution in [2.24, 2.45) is 0 Å². The molecule has 180 valence electrons. The highest BCUT2D eigenvalue weighted by Gasteiger charge is 2.27. The molecule has 4 rings (SSSR count). The molecule has 1 heterocycles. The van der Waals surface area contributed by atoms with Crippen molar-refractivity contribution in [1.82, 2.24) is 5.32 Å². The number of carbonyl (C=O) groups excluding carboxylic acids is 2. The van der Waals surface area contributed by atoms with Crippen LogP contribution in [0, 0.1) is 6.92 Å². The Labute approximate surface area is 209 Å². The quantitative estimate of drug-likeness (QED) is 0.469. The monoisotopic (exact) mass is 488 g/mol. The molecule has 0 atom stereocenters. The summed E-state index contributed by atoms with van der Waals surface area (Å²) in [5.41, 5.74) is 4.41. The lowest BCUT2D eigenvalue weighted by Crippen LogP contribution is -2.31. The molecule has 0 saturated heterocycles. The van der Waals surface area contributed by atoms with Crippen LogP contribution in [0.2, 0.25) is 0 Å². The molecule has 1 aliphatic rings. The zero-order valence-electron chi connectivity index (χ0n) is 20.3. The van der Waals surface area contributed by atoms with Crippen molar-refractivity contribution in [3.8, 4) is 11.5 Å². The molecule has 1 N–H and O–H groups in total. The Bertz CT molecular complexity index is 1300. The Kier molecular flexibility index (Phi) is 7.46. The van der Waals surface area contributed by atoms with Gasteiger partial charge in [-0.3, -0.25) is 9.59 Å². The first-order chi connectivity index (χ1) is 16.9. The molecule has 35 heavy (non-hydrogen) atoms. The van der Waals surface area contributed by atoms with Crippen LogP contribution in [0.25, 0.3) is 6.08 Å². The first-order valence-corrected chi connectivity index (χ1v) is 12.1. The van der Waals surface area contributed by atoms with Crippen molar-refractivity contribution < 1.29 is 19.1 Å². The number of fused-ring (bicyclic) bond motifs is 1. The van der Waals surface area contributed by atoms with E-state index < -0.39 is 0 Å². The van der Waals surface area contributed by atoms with Gasteiger partial charge >= 0.3 is 0 Å². The number of likely N-dealkylation sites (N-methyl/N-ethyl adjacent to an activating group) is 1. The highest BCUT2D eigenvalue weighted by molar-refractivity contribution is 8.04. The van der Waals surface area contributed by atoms with Gasteiger partial charge in [0.2, 0.25) is 0 Å². The van der Waals surface area contributed by atoms with Crippen LogP contribution in [0.3, 0.4) is 0 Å². The average Bonchev–Trinajstić information content (AvgIpc) is 2.86. The van der Waals surface area contributed by atoms with Crippen molar-refractivity contribution in [2.45, 2.75) is 18.2 Å². The van der Waals surface area contributed by atoms with Gasteiger partial charge in [-0.2, -0.15) is 0 Å². The average molecular weight is 489 g/mol. The lowest BCUT2D eigenvalue weighted by atomic mass is 10.1. The fourth-order valence-corrected chi connectivity index (χ4v) is 5.00. The maximum absolute atomic E-state index is 13.0. The van der Waals surface area contributed by atoms with Crippen molar-refractivity contribution in [2.75, 3.05) is 32.7 Å². The van der Waals surface area contributed by atoms with Crippen molar-refractivity contribution >= 4 is 35.3 Å². The normalized spacial score (nSPS) is 14.0. The maximum atomic E-state index is 13.0. The number of aryl methyl sites for hydroxylation is 1. The molecule has 6 nitrogen and oxygen atoms in total. The van der Waals surface area contributed by atoms with Crippen LogP contribution in [0.1, 0.15) is 27.0 Å². The van der Waals surface area contributed by atoms with Crippen LogP contribution in [0.5, 0.6) is 11.5 Å². The molecule has 2 amide bonds. The maximum Gasteiger partial charge on any atom is 0.264 e. The highest BCUT2D eigenvalue weighted by atomic mass is 32.2. The fourth-order valence-electron chi connectivity index (χ4n) is 3.90. The molecular formula is C28H28N2O4S. The van der Waals surface area contributed by atoms with Crippen LogP contribution in [0.15, 0.2) is 70.5 Å². The van der Waals surface area contributed by atoms with E-state index in [4.69, 9.17) is 9.47 Å². The molecule has 0 fully saturated rings. The number of amides is 2. The van der Waals surface area contributed by atoms with E-state index in [0.717, 1.165) is 27.3 Å². The Morgan fingerprint density at radius 1 is 1.03 bits per heavy atom. The number of benzene rings is 3. The summed E-state index contributed by atoms with van der Waals surface area (Å²) in [4.78, 5) is 29.0. The largest absolute Gasteiger partial charge is 0.493 e. The number of ether oxygens (including phenoxy) is 2. The second-order valence-electron chi connectivity index (χ2n) is 8.27. The van der Waals surface area contributed by atoms with Gasteiger partial charge in [0.25, 0.3) is 11.8 Å². The number of rotatable bonds is 7. The third kappa shape index (κ3) is 5.52. The van der Waals surface area contributed by atoms with E-state index >= 15 is 0 Å². The SMILES string of the molecule is COc1ccc(CCNC(=O)c2ccc3c(c2)N(C)C(=O)C(=Cc2cccc(C)c2)S3)cc1OC. The molecule has 7 heteroatoms. The standard InChI is InChI=1S/C28H28N2O4S/c1-18-6-5-7-20(14-18)16-26-28(32)30(2)22-17-21(9-11-25(22)35-26)27(31)29-13-12-19-8-10-23(33-3)24(15-19)34-4/h5-11,14-17H,12-13H2,1-4H3,(H,29,31). The third-order valence-electron chi connectivity index (χ3n) is 5.80. The van der Waals surface area contributed by atoms with Gasteiger partial charge in [-0.1, -0.05) is 47.7 Å². The number of carbonyl (C=O) groups is 2. The Morgan fingerprint density at radius 3 is 2.57 bits per heavy atom. The zero-order valence-corrected chi connectivity index (χ0v) is 21.1. The highest BCUT2D eigenvalue weighted by Crippen LogP contribution is 2.42. The fraction of sp³-hybridized carbons (Fsp3) is 0.214. The number of nitrogens with zero attached hydrogens (tertiary/aromatic N) is 1. The summed E-state index contributed by atoms with van der Waals surface area (Å²) in [5, 5.41) is 2.96. The lowest BCUT2D eigenvalue weighted by molar-refractivity contribution is -0.114. The summed E-state index contributed by atoms with van der Waals surface area (Å²) >= 11 is 1.43. The molecule has 0 spiro atoms. The number of thioether (sulfide) groups is 1. The first-order valence-electron chi connectivity index (χ1n) is 11.3. The van der Waals surface area contributed by atoms with E-state index in [1.54, 1.807) is 38.3 Å². The molecule has 3 aromatic carbocycles. The molecule has 3 aromatic rings. The van der Waals surface area contributed by atoms with Gasteiger partial charge in [-0.15, -0.1) is 0 Å². The van der Waals surface area contributed by atoms with E-state index in [1.807, 2.05) is 61.5 Å². The van der Waals surface area contributed by atoms with Crippen molar-refractivity contribution in [3.63, 3.8) is 0 Å². The third-order valence-corrected chi connectivity index (χ3v) is 6.88. The number of nitrogens with one attached hydrogen (secondary N) is 1. The van der Waals surface area contributed by atoms with Gasteiger partial charge in [-0.25, -0.2) is 0 Å². The topological polar surface area (TPSA) is 67.9 Å². The Morgan fingerprint density at radius 2 is 1.83 bits per heavy atom. The van der Waals surface area contributed by atoms with Gasteiger partial charge in [0.1, 0.15) is 0 Å². The lowest BCUT2D eigenvalue weighted by Gasteiger charge is -2.27. The van der Waals surface area contributed by atoms with Crippen molar-refractivity contribution in [3.05, 3.63) is 87.8 Å². The second kappa shape index (κ2) is 10.7. The van der Waals surface area contributed by atoms with Gasteiger partial charge in [-0.05, 0) is 60.9 Å². The predicted molar refractivity (Wildman–Crippen MR) is 140 cm³/mol. The van der Waals surface area contributed by atoms with Crippen LogP contribution >= 0.6 is 11.8 Å². The summed E-state index contributed by atoms with van der Waals surface area (Å²) < 4.78 is 10.6. The molecule has 1 aliphatic heterocycles. The molecular weight excluding hydrogens is 460 g/mol. The first kappa shape index (κ1) is 24.4. The Balaban J connectivity index is 1.44. The minimum Gasteiger partial charge on any atom is -0.493 e. The van der Waals surface area contributed by atoms with E-state index in [2.05, 4.69) is 5.32 Å². The number of methoxy groups -OCH3 is 2. The summed E-state index contributed by atoms with van der Waals surface area (Å²) in [7, 11) is 4.94. The van der Waals surface area contributed by atoms with Crippen LogP contribution in [-0.4, -0.2) is 39.6 Å². The van der Waals surface area contributed by atoms with Gasteiger partial charge in [0.05, 0.1) is 24.8 Å². The molecule has 0 saturated carbocycles.